The third kappa shape index (κ3) is 13.3. The molecule has 2 aromatic rings. The summed E-state index contributed by atoms with van der Waals surface area (Å²) in [5, 5.41) is 4.36. The third-order valence-electron chi connectivity index (χ3n) is 4.17. The monoisotopic (exact) mass is 460 g/mol. The van der Waals surface area contributed by atoms with Crippen LogP contribution in [-0.2, 0) is 13.0 Å². The molecule has 0 aliphatic carbocycles. The molecule has 0 aliphatic heterocycles. The Bertz CT molecular complexity index is 845. The van der Waals surface area contributed by atoms with E-state index in [9.17, 15) is 4.39 Å². The second kappa shape index (κ2) is 18.4. The van der Waals surface area contributed by atoms with Gasteiger partial charge in [0.15, 0.2) is 5.82 Å². The minimum absolute atomic E-state index is 0.277. The van der Waals surface area contributed by atoms with Gasteiger partial charge >= 0.3 is 0 Å². The smallest absolute Gasteiger partial charge is 0.164 e. The van der Waals surface area contributed by atoms with E-state index in [4.69, 9.17) is 5.73 Å². The van der Waals surface area contributed by atoms with Crippen molar-refractivity contribution in [3.63, 3.8) is 0 Å². The number of benzene rings is 1. The fourth-order valence-corrected chi connectivity index (χ4v) is 2.97. The van der Waals surface area contributed by atoms with E-state index < -0.39 is 0 Å². The van der Waals surface area contributed by atoms with Crippen LogP contribution in [0.4, 0.5) is 4.39 Å². The molecule has 1 aromatic carbocycles. The van der Waals surface area contributed by atoms with Crippen LogP contribution < -0.4 is 5.73 Å². The molecule has 32 heavy (non-hydrogen) atoms. The van der Waals surface area contributed by atoms with Crippen molar-refractivity contribution in [3.05, 3.63) is 76.0 Å². The van der Waals surface area contributed by atoms with Gasteiger partial charge in [-0.1, -0.05) is 83.2 Å². The molecule has 2 N–H and O–H groups in total. The lowest BCUT2D eigenvalue weighted by atomic mass is 10.1. The number of aryl methyl sites for hydroxylation is 1. The number of nitrogens with two attached hydrogens (primary N) is 1. The highest BCUT2D eigenvalue weighted by molar-refractivity contribution is 7.84. The van der Waals surface area contributed by atoms with Crippen LogP contribution in [0.5, 0.6) is 0 Å². The van der Waals surface area contributed by atoms with Gasteiger partial charge in [-0.25, -0.2) is 14.1 Å². The summed E-state index contributed by atoms with van der Waals surface area (Å²) < 4.78 is 14.5. The number of hydrogen-bond donors (Lipinski definition) is 2. The fraction of sp³-hybridized carbons (Fsp3) is 0.462. The van der Waals surface area contributed by atoms with Gasteiger partial charge in [0.1, 0.15) is 5.82 Å². The first-order valence-corrected chi connectivity index (χ1v) is 11.9. The van der Waals surface area contributed by atoms with Crippen LogP contribution in [0.1, 0.15) is 83.1 Å². The van der Waals surface area contributed by atoms with Crippen molar-refractivity contribution < 1.29 is 4.39 Å². The van der Waals surface area contributed by atoms with Crippen LogP contribution in [0.15, 0.2) is 53.2 Å². The number of nitrogens with zero attached hydrogens (tertiary/aromatic N) is 3. The maximum Gasteiger partial charge on any atom is 0.164 e. The van der Waals surface area contributed by atoms with E-state index in [-0.39, 0.29) is 12.4 Å². The second-order valence-corrected chi connectivity index (χ2v) is 7.65. The van der Waals surface area contributed by atoms with Gasteiger partial charge in [0.05, 0.1) is 12.4 Å². The van der Waals surface area contributed by atoms with Crippen LogP contribution >= 0.6 is 12.6 Å². The van der Waals surface area contributed by atoms with E-state index in [0.29, 0.717) is 17.2 Å². The summed E-state index contributed by atoms with van der Waals surface area (Å²) in [5.74, 6) is 1.08. The van der Waals surface area contributed by atoms with Gasteiger partial charge < -0.3 is 5.73 Å². The van der Waals surface area contributed by atoms with Gasteiger partial charge in [-0.05, 0) is 37.6 Å². The van der Waals surface area contributed by atoms with E-state index in [1.165, 1.54) is 44.2 Å². The lowest BCUT2D eigenvalue weighted by Gasteiger charge is -2.02. The molecule has 0 saturated heterocycles. The van der Waals surface area contributed by atoms with Crippen LogP contribution in [-0.4, -0.2) is 14.8 Å². The molecule has 2 rings (SSSR count). The van der Waals surface area contributed by atoms with E-state index >= 15 is 0 Å². The number of thiol groups is 1. The average molecular weight is 461 g/mol. The molecule has 0 spiro atoms. The predicted molar refractivity (Wildman–Crippen MR) is 140 cm³/mol. The number of hydrogen-bond acceptors (Lipinski definition) is 4. The minimum Gasteiger partial charge on any atom is -0.324 e. The molecule has 0 atom stereocenters. The Labute approximate surface area is 199 Å². The number of halogens is 1. The van der Waals surface area contributed by atoms with Crippen molar-refractivity contribution in [1.82, 2.24) is 14.8 Å². The Balaban J connectivity index is 0.00000104. The topological polar surface area (TPSA) is 56.7 Å². The Hall–Kier alpha value is -2.18. The maximum absolute atomic E-state index is 12.8. The van der Waals surface area contributed by atoms with Crippen LogP contribution in [0.3, 0.4) is 0 Å². The standard InChI is InChI=1S/C18H21FN4S.C6H14.C2H6/c1-13-5-3-6-15(9-13)11-18-21-17(12-20)22-23(18)8-4-7-16(24)10-14(2)19;1-3-5-6-4-2;1-2/h3-10,24H,11-12,20H2,1-2H3;3-6H2,1-2H3;1-2H3/b8-4+,14-10+,16-7+;;. The maximum atomic E-state index is 12.8. The van der Waals surface area contributed by atoms with Gasteiger partial charge in [-0.15, -0.1) is 12.6 Å². The second-order valence-electron chi connectivity index (χ2n) is 7.13. The van der Waals surface area contributed by atoms with E-state index in [2.05, 4.69) is 61.7 Å². The predicted octanol–water partition coefficient (Wildman–Crippen LogP) is 7.41. The summed E-state index contributed by atoms with van der Waals surface area (Å²) in [4.78, 5) is 4.98. The summed E-state index contributed by atoms with van der Waals surface area (Å²) >= 11 is 4.18. The summed E-state index contributed by atoms with van der Waals surface area (Å²) in [6.07, 6.45) is 12.7. The highest BCUT2D eigenvalue weighted by Crippen LogP contribution is 2.12. The zero-order valence-corrected chi connectivity index (χ0v) is 21.5. The Morgan fingerprint density at radius 1 is 1.19 bits per heavy atom. The normalized spacial score (nSPS) is 11.7. The first-order valence-electron chi connectivity index (χ1n) is 11.5. The van der Waals surface area contributed by atoms with E-state index in [0.717, 1.165) is 11.4 Å². The minimum atomic E-state index is -0.295. The molecule has 0 radical (unpaired) electrons. The molecule has 0 unspecified atom stereocenters. The number of allylic oxidation sites excluding steroid dienone is 4. The largest absolute Gasteiger partial charge is 0.324 e. The third-order valence-corrected chi connectivity index (χ3v) is 4.45. The molecular formula is C26H41FN4S. The van der Waals surface area contributed by atoms with Gasteiger partial charge in [-0.2, -0.15) is 5.10 Å². The van der Waals surface area contributed by atoms with Crippen LogP contribution in [0.2, 0.25) is 0 Å². The number of unbranched alkanes of at least 4 members (excludes halogenated alkanes) is 3. The Morgan fingerprint density at radius 3 is 2.38 bits per heavy atom. The molecule has 0 aliphatic rings. The van der Waals surface area contributed by atoms with Crippen molar-refractivity contribution in [2.45, 2.75) is 80.2 Å². The summed E-state index contributed by atoms with van der Waals surface area (Å²) in [6, 6.07) is 8.25. The van der Waals surface area contributed by atoms with Crippen LogP contribution in [0.25, 0.3) is 6.20 Å². The Kier molecular flexibility index (Phi) is 17.1. The quantitative estimate of drug-likeness (QED) is 0.233. The summed E-state index contributed by atoms with van der Waals surface area (Å²) in [5.41, 5.74) is 8.00. The highest BCUT2D eigenvalue weighted by Gasteiger charge is 2.08. The van der Waals surface area contributed by atoms with Crippen molar-refractivity contribution in [2.24, 2.45) is 5.73 Å². The molecule has 4 nitrogen and oxygen atoms in total. The molecule has 0 amide bonds. The first-order chi connectivity index (χ1) is 15.4. The lowest BCUT2D eigenvalue weighted by molar-refractivity contribution is 0.640. The number of aromatic nitrogens is 3. The number of rotatable bonds is 9. The molecule has 0 fully saturated rings. The van der Waals surface area contributed by atoms with Crippen molar-refractivity contribution in [3.8, 4) is 0 Å². The molecular weight excluding hydrogens is 419 g/mol. The highest BCUT2D eigenvalue weighted by atomic mass is 32.1. The zero-order chi connectivity index (χ0) is 24.4. The molecule has 0 saturated carbocycles. The SMILES string of the molecule is CC.CCCCCC.C\C(F)=C/C(S)=C\C=C\n1nc(CN)nc1Cc1cccc(C)c1. The van der Waals surface area contributed by atoms with Crippen molar-refractivity contribution in [1.29, 1.82) is 0 Å². The molecule has 6 heteroatoms. The molecule has 178 valence electrons. The average Bonchev–Trinajstić information content (AvgIpc) is 3.15. The zero-order valence-electron chi connectivity index (χ0n) is 20.6. The van der Waals surface area contributed by atoms with Crippen molar-refractivity contribution >= 4 is 18.8 Å². The van der Waals surface area contributed by atoms with Gasteiger partial charge in [0.25, 0.3) is 0 Å². The Morgan fingerprint density at radius 2 is 1.84 bits per heavy atom. The fourth-order valence-electron chi connectivity index (χ4n) is 2.71. The van der Waals surface area contributed by atoms with Crippen LogP contribution in [0, 0.1) is 6.92 Å². The van der Waals surface area contributed by atoms with Gasteiger partial charge in [0, 0.05) is 17.5 Å². The molecule has 1 heterocycles. The van der Waals surface area contributed by atoms with Crippen molar-refractivity contribution in [2.75, 3.05) is 0 Å². The van der Waals surface area contributed by atoms with E-state index in [1.807, 2.05) is 19.9 Å². The van der Waals surface area contributed by atoms with Gasteiger partial charge in [0.2, 0.25) is 0 Å². The van der Waals surface area contributed by atoms with Gasteiger partial charge in [-0.3, -0.25) is 0 Å². The molecule has 0 bridgehead atoms. The summed E-state index contributed by atoms with van der Waals surface area (Å²) in [7, 11) is 0. The summed E-state index contributed by atoms with van der Waals surface area (Å²) in [6.45, 7) is 12.2. The first kappa shape index (κ1) is 29.8. The lowest BCUT2D eigenvalue weighted by Crippen LogP contribution is -2.00. The van der Waals surface area contributed by atoms with E-state index in [1.54, 1.807) is 23.0 Å². The molecule has 1 aromatic heterocycles.